The minimum atomic E-state index is -0.984. The first-order valence-electron chi connectivity index (χ1n) is 11.7. The molecule has 1 saturated carbocycles. The molecule has 0 radical (unpaired) electrons. The van der Waals surface area contributed by atoms with Crippen LogP contribution in [-0.4, -0.2) is 40.0 Å². The van der Waals surface area contributed by atoms with Crippen molar-refractivity contribution in [2.45, 2.75) is 64.6 Å². The fourth-order valence-electron chi connectivity index (χ4n) is 4.87. The molecule has 0 spiro atoms. The highest BCUT2D eigenvalue weighted by atomic mass is 16.4. The zero-order valence-corrected chi connectivity index (χ0v) is 19.1. The molecular formula is C26H31N3O4. The van der Waals surface area contributed by atoms with Crippen LogP contribution >= 0.6 is 0 Å². The van der Waals surface area contributed by atoms with E-state index in [1.165, 1.54) is 11.3 Å². The van der Waals surface area contributed by atoms with Crippen molar-refractivity contribution in [1.82, 2.24) is 10.2 Å². The van der Waals surface area contributed by atoms with E-state index in [-0.39, 0.29) is 30.4 Å². The number of aliphatic carboxylic acids is 1. The van der Waals surface area contributed by atoms with Crippen LogP contribution in [0.2, 0.25) is 0 Å². The Balaban J connectivity index is 1.44. The van der Waals surface area contributed by atoms with Gasteiger partial charge in [0.25, 0.3) is 5.91 Å². The van der Waals surface area contributed by atoms with Crippen LogP contribution in [0, 0.1) is 5.92 Å². The molecule has 1 aliphatic carbocycles. The lowest BCUT2D eigenvalue weighted by Crippen LogP contribution is -2.44. The number of carboxylic acids is 1. The van der Waals surface area contributed by atoms with Gasteiger partial charge in [-0.3, -0.25) is 4.79 Å². The third-order valence-corrected chi connectivity index (χ3v) is 6.57. The highest BCUT2D eigenvalue weighted by molar-refractivity contribution is 6.01. The van der Waals surface area contributed by atoms with E-state index in [1.807, 2.05) is 50.2 Å². The molecule has 33 heavy (non-hydrogen) atoms. The largest absolute Gasteiger partial charge is 0.480 e. The summed E-state index contributed by atoms with van der Waals surface area (Å²) >= 11 is 0. The molecule has 1 aliphatic heterocycles. The molecule has 0 bridgehead atoms. The number of carboxylic acid groups (broad SMARTS) is 1. The Hall–Kier alpha value is -3.35. The number of benzene rings is 2. The van der Waals surface area contributed by atoms with Crippen LogP contribution in [0.1, 0.15) is 61.9 Å². The number of carbonyl (C=O) groups is 3. The van der Waals surface area contributed by atoms with Crippen molar-refractivity contribution in [2.24, 2.45) is 5.92 Å². The fourth-order valence-corrected chi connectivity index (χ4v) is 4.87. The number of nitrogens with one attached hydrogen (secondary N) is 2. The molecule has 0 saturated heterocycles. The van der Waals surface area contributed by atoms with E-state index in [2.05, 4.69) is 10.6 Å². The molecule has 1 unspecified atom stereocenters. The van der Waals surface area contributed by atoms with Crippen LogP contribution in [0.15, 0.2) is 42.5 Å². The van der Waals surface area contributed by atoms with E-state index in [0.29, 0.717) is 5.56 Å². The van der Waals surface area contributed by atoms with Gasteiger partial charge in [-0.15, -0.1) is 0 Å². The summed E-state index contributed by atoms with van der Waals surface area (Å²) in [6, 6.07) is 12.4. The molecule has 2 aromatic rings. The van der Waals surface area contributed by atoms with Crippen molar-refractivity contribution in [3.8, 4) is 11.1 Å². The average molecular weight is 450 g/mol. The molecular weight excluding hydrogens is 418 g/mol. The topological polar surface area (TPSA) is 98.7 Å². The molecule has 0 aromatic heterocycles. The summed E-state index contributed by atoms with van der Waals surface area (Å²) in [5.41, 5.74) is 4.01. The number of carbonyl (C=O) groups excluding carboxylic acids is 2. The maximum atomic E-state index is 12.8. The summed E-state index contributed by atoms with van der Waals surface area (Å²) in [6.07, 6.45) is 5.65. The number of urea groups is 1. The van der Waals surface area contributed by atoms with Crippen LogP contribution in [0.4, 0.5) is 10.5 Å². The van der Waals surface area contributed by atoms with Crippen molar-refractivity contribution < 1.29 is 19.5 Å². The van der Waals surface area contributed by atoms with Gasteiger partial charge in [0.1, 0.15) is 6.04 Å². The standard InChI is InChI=1S/C26H31N3O4/c1-16(2)23(25(31)32)29-15-19-14-18(10-13-22(19)24(29)30)17-8-11-21(12-9-17)28-26(33)27-20-6-4-3-5-7-20/h8-14,16,20,23H,3-7,15H2,1-2H3,(H,31,32)(H2,27,28,33). The lowest BCUT2D eigenvalue weighted by Gasteiger charge is -2.27. The fraction of sp³-hybridized carbons (Fsp3) is 0.423. The van der Waals surface area contributed by atoms with Gasteiger partial charge in [-0.25, -0.2) is 9.59 Å². The number of anilines is 1. The molecule has 1 atom stereocenters. The monoisotopic (exact) mass is 449 g/mol. The van der Waals surface area contributed by atoms with E-state index in [1.54, 1.807) is 6.07 Å². The van der Waals surface area contributed by atoms with E-state index >= 15 is 0 Å². The molecule has 2 aromatic carbocycles. The van der Waals surface area contributed by atoms with Crippen molar-refractivity contribution in [3.05, 3.63) is 53.6 Å². The normalized spacial score (nSPS) is 17.1. The van der Waals surface area contributed by atoms with Gasteiger partial charge in [-0.2, -0.15) is 0 Å². The van der Waals surface area contributed by atoms with Crippen LogP contribution in [0.25, 0.3) is 11.1 Å². The highest BCUT2D eigenvalue weighted by Crippen LogP contribution is 2.31. The predicted octanol–water partition coefficient (Wildman–Crippen LogP) is 4.87. The first-order valence-corrected chi connectivity index (χ1v) is 11.7. The first kappa shape index (κ1) is 22.8. The Labute approximate surface area is 194 Å². The van der Waals surface area contributed by atoms with E-state index < -0.39 is 12.0 Å². The van der Waals surface area contributed by atoms with Crippen molar-refractivity contribution in [1.29, 1.82) is 0 Å². The first-order chi connectivity index (χ1) is 15.8. The third kappa shape index (κ3) is 5.02. The molecule has 3 amide bonds. The molecule has 1 heterocycles. The number of hydrogen-bond acceptors (Lipinski definition) is 3. The summed E-state index contributed by atoms with van der Waals surface area (Å²) in [6.45, 7) is 3.91. The number of hydrogen-bond donors (Lipinski definition) is 3. The molecule has 2 aliphatic rings. The maximum absolute atomic E-state index is 12.8. The van der Waals surface area contributed by atoms with Gasteiger partial charge in [0.2, 0.25) is 0 Å². The molecule has 3 N–H and O–H groups in total. The second-order valence-corrected chi connectivity index (χ2v) is 9.34. The maximum Gasteiger partial charge on any atom is 0.326 e. The quantitative estimate of drug-likeness (QED) is 0.586. The molecule has 174 valence electrons. The Bertz CT molecular complexity index is 1040. The molecule has 1 fully saturated rings. The summed E-state index contributed by atoms with van der Waals surface area (Å²) < 4.78 is 0. The van der Waals surface area contributed by atoms with Crippen LogP contribution in [0.5, 0.6) is 0 Å². The third-order valence-electron chi connectivity index (χ3n) is 6.57. The van der Waals surface area contributed by atoms with E-state index in [4.69, 9.17) is 0 Å². The number of amides is 3. The zero-order valence-electron chi connectivity index (χ0n) is 19.1. The van der Waals surface area contributed by atoms with Gasteiger partial charge in [0.15, 0.2) is 0 Å². The Morgan fingerprint density at radius 2 is 1.67 bits per heavy atom. The second-order valence-electron chi connectivity index (χ2n) is 9.34. The van der Waals surface area contributed by atoms with Crippen molar-refractivity contribution >= 4 is 23.6 Å². The number of rotatable bonds is 6. The average Bonchev–Trinajstić information content (AvgIpc) is 3.09. The Morgan fingerprint density at radius 1 is 1.00 bits per heavy atom. The molecule has 4 rings (SSSR count). The lowest BCUT2D eigenvalue weighted by molar-refractivity contribution is -0.144. The summed E-state index contributed by atoms with van der Waals surface area (Å²) in [4.78, 5) is 38.2. The Morgan fingerprint density at radius 3 is 2.30 bits per heavy atom. The number of fused-ring (bicyclic) bond motifs is 1. The zero-order chi connectivity index (χ0) is 23.5. The van der Waals surface area contributed by atoms with E-state index in [9.17, 15) is 19.5 Å². The smallest absolute Gasteiger partial charge is 0.326 e. The van der Waals surface area contributed by atoms with Gasteiger partial charge in [0, 0.05) is 23.8 Å². The van der Waals surface area contributed by atoms with Crippen molar-refractivity contribution in [2.75, 3.05) is 5.32 Å². The Kier molecular flexibility index (Phi) is 6.67. The minimum absolute atomic E-state index is 0.177. The summed E-state index contributed by atoms with van der Waals surface area (Å²) in [5, 5.41) is 15.5. The SMILES string of the molecule is CC(C)C(C(=O)O)N1Cc2cc(-c3ccc(NC(=O)NC4CCCCC4)cc3)ccc2C1=O. The van der Waals surface area contributed by atoms with Gasteiger partial charge < -0.3 is 20.6 Å². The summed E-state index contributed by atoms with van der Waals surface area (Å²) in [7, 11) is 0. The summed E-state index contributed by atoms with van der Waals surface area (Å²) in [5.74, 6) is -1.40. The molecule has 7 heteroatoms. The van der Waals surface area contributed by atoms with Gasteiger partial charge >= 0.3 is 12.0 Å². The van der Waals surface area contributed by atoms with Gasteiger partial charge in [-0.05, 0) is 59.7 Å². The van der Waals surface area contributed by atoms with Gasteiger partial charge in [0.05, 0.1) is 0 Å². The van der Waals surface area contributed by atoms with Crippen LogP contribution in [0.3, 0.4) is 0 Å². The van der Waals surface area contributed by atoms with E-state index in [0.717, 1.165) is 48.1 Å². The minimum Gasteiger partial charge on any atom is -0.480 e. The second kappa shape index (κ2) is 9.65. The lowest BCUT2D eigenvalue weighted by atomic mass is 9.96. The van der Waals surface area contributed by atoms with Crippen molar-refractivity contribution in [3.63, 3.8) is 0 Å². The van der Waals surface area contributed by atoms with Crippen LogP contribution in [-0.2, 0) is 11.3 Å². The molecule has 7 nitrogen and oxygen atoms in total. The predicted molar refractivity (Wildman–Crippen MR) is 127 cm³/mol. The van der Waals surface area contributed by atoms with Crippen LogP contribution < -0.4 is 10.6 Å². The van der Waals surface area contributed by atoms with Gasteiger partial charge in [-0.1, -0.05) is 51.3 Å². The highest BCUT2D eigenvalue weighted by Gasteiger charge is 2.38. The number of nitrogens with zero attached hydrogens (tertiary/aromatic N) is 1.